The molecule has 1 atom stereocenters. The van der Waals surface area contributed by atoms with Crippen molar-refractivity contribution in [2.45, 2.75) is 38.6 Å². The van der Waals surface area contributed by atoms with Crippen LogP contribution in [0.25, 0.3) is 0 Å². The summed E-state index contributed by atoms with van der Waals surface area (Å²) in [5.41, 5.74) is 0.449. The summed E-state index contributed by atoms with van der Waals surface area (Å²) in [6.07, 6.45) is 4.00. The molecular weight excluding hydrogens is 160 g/mol. The Morgan fingerprint density at radius 1 is 1.38 bits per heavy atom. The summed E-state index contributed by atoms with van der Waals surface area (Å²) in [5, 5.41) is 3.48. The second kappa shape index (κ2) is 4.43. The van der Waals surface area contributed by atoms with Gasteiger partial charge >= 0.3 is 0 Å². The van der Waals surface area contributed by atoms with Crippen LogP contribution in [0.4, 0.5) is 0 Å². The minimum absolute atomic E-state index is 0.449. The SMILES string of the molecule is CC(C)CCC1(N(C)C)CCNC1. The summed E-state index contributed by atoms with van der Waals surface area (Å²) in [4.78, 5) is 2.41. The van der Waals surface area contributed by atoms with E-state index >= 15 is 0 Å². The van der Waals surface area contributed by atoms with Gasteiger partial charge in [0.2, 0.25) is 0 Å². The molecule has 1 aliphatic rings. The number of nitrogens with one attached hydrogen (secondary N) is 1. The molecule has 2 heteroatoms. The lowest BCUT2D eigenvalue weighted by molar-refractivity contribution is 0.151. The van der Waals surface area contributed by atoms with Gasteiger partial charge in [-0.15, -0.1) is 0 Å². The van der Waals surface area contributed by atoms with Gasteiger partial charge in [-0.05, 0) is 45.8 Å². The van der Waals surface area contributed by atoms with Gasteiger partial charge in [-0.1, -0.05) is 13.8 Å². The van der Waals surface area contributed by atoms with Crippen molar-refractivity contribution >= 4 is 0 Å². The van der Waals surface area contributed by atoms with Crippen LogP contribution >= 0.6 is 0 Å². The smallest absolute Gasteiger partial charge is 0.0340 e. The molecule has 2 nitrogen and oxygen atoms in total. The van der Waals surface area contributed by atoms with E-state index in [1.807, 2.05) is 0 Å². The topological polar surface area (TPSA) is 15.3 Å². The Balaban J connectivity index is 2.47. The third-order valence-corrected chi connectivity index (χ3v) is 3.36. The molecule has 0 aromatic rings. The van der Waals surface area contributed by atoms with Gasteiger partial charge in [0, 0.05) is 12.1 Å². The summed E-state index contributed by atoms with van der Waals surface area (Å²) in [6, 6.07) is 0. The van der Waals surface area contributed by atoms with E-state index in [1.54, 1.807) is 0 Å². The van der Waals surface area contributed by atoms with Crippen molar-refractivity contribution in [2.75, 3.05) is 27.2 Å². The highest BCUT2D eigenvalue weighted by Gasteiger charge is 2.35. The standard InChI is InChI=1S/C11H24N2/c1-10(2)5-6-11(13(3)4)7-8-12-9-11/h10,12H,5-9H2,1-4H3. The zero-order valence-corrected chi connectivity index (χ0v) is 9.56. The molecule has 0 bridgehead atoms. The van der Waals surface area contributed by atoms with E-state index in [4.69, 9.17) is 0 Å². The van der Waals surface area contributed by atoms with Gasteiger partial charge in [-0.2, -0.15) is 0 Å². The Bertz CT molecular complexity index is 146. The van der Waals surface area contributed by atoms with E-state index in [1.165, 1.54) is 32.4 Å². The predicted molar refractivity (Wildman–Crippen MR) is 58.0 cm³/mol. The normalized spacial score (nSPS) is 29.1. The largest absolute Gasteiger partial charge is 0.315 e. The zero-order chi connectivity index (χ0) is 9.90. The first kappa shape index (κ1) is 11.0. The maximum atomic E-state index is 3.48. The van der Waals surface area contributed by atoms with Crippen LogP contribution in [0.15, 0.2) is 0 Å². The molecule has 1 heterocycles. The average molecular weight is 184 g/mol. The molecule has 0 saturated carbocycles. The number of hydrogen-bond donors (Lipinski definition) is 1. The maximum Gasteiger partial charge on any atom is 0.0340 e. The van der Waals surface area contributed by atoms with Gasteiger partial charge in [0.1, 0.15) is 0 Å². The van der Waals surface area contributed by atoms with Gasteiger partial charge in [0.25, 0.3) is 0 Å². The molecule has 0 amide bonds. The van der Waals surface area contributed by atoms with Gasteiger partial charge in [-0.3, -0.25) is 0 Å². The molecule has 0 aromatic heterocycles. The fraction of sp³-hybridized carbons (Fsp3) is 1.00. The summed E-state index contributed by atoms with van der Waals surface area (Å²) in [5.74, 6) is 0.831. The monoisotopic (exact) mass is 184 g/mol. The summed E-state index contributed by atoms with van der Waals surface area (Å²) in [6.45, 7) is 6.99. The molecule has 0 aromatic carbocycles. The van der Waals surface area contributed by atoms with Crippen molar-refractivity contribution in [3.8, 4) is 0 Å². The third-order valence-electron chi connectivity index (χ3n) is 3.36. The number of nitrogens with zero attached hydrogens (tertiary/aromatic N) is 1. The first-order valence-corrected chi connectivity index (χ1v) is 5.45. The minimum Gasteiger partial charge on any atom is -0.315 e. The van der Waals surface area contributed by atoms with E-state index in [-0.39, 0.29) is 0 Å². The van der Waals surface area contributed by atoms with Gasteiger partial charge in [0.15, 0.2) is 0 Å². The lowest BCUT2D eigenvalue weighted by atomic mass is 9.88. The quantitative estimate of drug-likeness (QED) is 0.715. The minimum atomic E-state index is 0.449. The van der Waals surface area contributed by atoms with Crippen LogP contribution in [-0.2, 0) is 0 Å². The zero-order valence-electron chi connectivity index (χ0n) is 9.56. The first-order valence-electron chi connectivity index (χ1n) is 5.45. The molecule has 78 valence electrons. The van der Waals surface area contributed by atoms with E-state index in [9.17, 15) is 0 Å². The molecule has 1 saturated heterocycles. The molecule has 1 rings (SSSR count). The van der Waals surface area contributed by atoms with Gasteiger partial charge in [-0.25, -0.2) is 0 Å². The Hall–Kier alpha value is -0.0800. The molecule has 13 heavy (non-hydrogen) atoms. The van der Waals surface area contributed by atoms with Crippen LogP contribution in [0.1, 0.15) is 33.1 Å². The van der Waals surface area contributed by atoms with Crippen LogP contribution in [0.3, 0.4) is 0 Å². The fourth-order valence-electron chi connectivity index (χ4n) is 2.11. The Morgan fingerprint density at radius 3 is 2.46 bits per heavy atom. The highest BCUT2D eigenvalue weighted by Crippen LogP contribution is 2.27. The number of likely N-dealkylation sites (N-methyl/N-ethyl adjacent to an activating group) is 1. The Kier molecular flexibility index (Phi) is 3.74. The van der Waals surface area contributed by atoms with Crippen molar-refractivity contribution in [2.24, 2.45) is 5.92 Å². The third kappa shape index (κ3) is 2.68. The lowest BCUT2D eigenvalue weighted by Crippen LogP contribution is -2.46. The summed E-state index contributed by atoms with van der Waals surface area (Å²) >= 11 is 0. The number of hydrogen-bond acceptors (Lipinski definition) is 2. The molecular formula is C11H24N2. The molecule has 1 fully saturated rings. The maximum absolute atomic E-state index is 3.48. The van der Waals surface area contributed by atoms with Crippen molar-refractivity contribution in [1.82, 2.24) is 10.2 Å². The van der Waals surface area contributed by atoms with Gasteiger partial charge in [0.05, 0.1) is 0 Å². The summed E-state index contributed by atoms with van der Waals surface area (Å²) < 4.78 is 0. The van der Waals surface area contributed by atoms with Crippen LogP contribution in [-0.4, -0.2) is 37.6 Å². The summed E-state index contributed by atoms with van der Waals surface area (Å²) in [7, 11) is 4.43. The fourth-order valence-corrected chi connectivity index (χ4v) is 2.11. The molecule has 1 aliphatic heterocycles. The Morgan fingerprint density at radius 2 is 2.08 bits per heavy atom. The molecule has 0 aliphatic carbocycles. The molecule has 0 spiro atoms. The van der Waals surface area contributed by atoms with E-state index in [2.05, 4.69) is 38.2 Å². The van der Waals surface area contributed by atoms with Crippen molar-refractivity contribution in [3.05, 3.63) is 0 Å². The molecule has 1 unspecified atom stereocenters. The van der Waals surface area contributed by atoms with Crippen LogP contribution < -0.4 is 5.32 Å². The second-order valence-electron chi connectivity index (χ2n) is 4.98. The van der Waals surface area contributed by atoms with E-state index in [0.717, 1.165) is 5.92 Å². The highest BCUT2D eigenvalue weighted by molar-refractivity contribution is 4.95. The highest BCUT2D eigenvalue weighted by atomic mass is 15.2. The molecule has 0 radical (unpaired) electrons. The van der Waals surface area contributed by atoms with E-state index < -0.39 is 0 Å². The van der Waals surface area contributed by atoms with Crippen molar-refractivity contribution in [1.29, 1.82) is 0 Å². The van der Waals surface area contributed by atoms with Crippen LogP contribution in [0.2, 0.25) is 0 Å². The van der Waals surface area contributed by atoms with Crippen LogP contribution in [0.5, 0.6) is 0 Å². The number of rotatable bonds is 4. The lowest BCUT2D eigenvalue weighted by Gasteiger charge is -2.36. The van der Waals surface area contributed by atoms with Gasteiger partial charge < -0.3 is 10.2 Å². The van der Waals surface area contributed by atoms with Crippen molar-refractivity contribution < 1.29 is 0 Å². The predicted octanol–water partition coefficient (Wildman–Crippen LogP) is 1.72. The van der Waals surface area contributed by atoms with Crippen molar-refractivity contribution in [3.63, 3.8) is 0 Å². The average Bonchev–Trinajstić information content (AvgIpc) is 2.50. The Labute approximate surface area is 82.7 Å². The molecule has 1 N–H and O–H groups in total. The first-order chi connectivity index (χ1) is 6.07. The van der Waals surface area contributed by atoms with Crippen LogP contribution in [0, 0.1) is 5.92 Å². The second-order valence-corrected chi connectivity index (χ2v) is 4.98. The van der Waals surface area contributed by atoms with E-state index in [0.29, 0.717) is 5.54 Å².